The number of hydrogen-bond acceptors (Lipinski definition) is 2. The molecule has 0 atom stereocenters. The van der Waals surface area contributed by atoms with Gasteiger partial charge in [0.25, 0.3) is 0 Å². The Balaban J connectivity index is 3.17. The summed E-state index contributed by atoms with van der Waals surface area (Å²) in [4.78, 5) is 13.6. The average Bonchev–Trinajstić information content (AvgIpc) is 2.31. The number of anilines is 2. The fraction of sp³-hybridized carbons (Fsp3) is 0.533. The van der Waals surface area contributed by atoms with E-state index in [0.29, 0.717) is 0 Å². The number of hydrogen-bond donors (Lipinski definition) is 1. The summed E-state index contributed by atoms with van der Waals surface area (Å²) in [5.41, 5.74) is 2.04. The van der Waals surface area contributed by atoms with Gasteiger partial charge in [-0.05, 0) is 39.3 Å². The molecule has 1 amide bonds. The molecule has 3 heteroatoms. The summed E-state index contributed by atoms with van der Waals surface area (Å²) in [6.45, 7) is 11.2. The van der Waals surface area contributed by atoms with Crippen molar-refractivity contribution in [2.45, 2.75) is 46.6 Å². The Hall–Kier alpha value is -1.51. The first-order valence-corrected chi connectivity index (χ1v) is 6.56. The Morgan fingerprint density at radius 1 is 1.28 bits per heavy atom. The van der Waals surface area contributed by atoms with E-state index in [2.05, 4.69) is 44.0 Å². The highest BCUT2D eigenvalue weighted by Gasteiger charge is 2.25. The van der Waals surface area contributed by atoms with Crippen molar-refractivity contribution in [1.29, 1.82) is 0 Å². The van der Waals surface area contributed by atoms with Crippen LogP contribution in [0.1, 0.15) is 41.0 Å². The number of amides is 1. The van der Waals surface area contributed by atoms with Gasteiger partial charge >= 0.3 is 0 Å². The molecule has 0 heterocycles. The quantitative estimate of drug-likeness (QED) is 0.862. The molecule has 0 aliphatic heterocycles. The van der Waals surface area contributed by atoms with Crippen molar-refractivity contribution < 1.29 is 4.79 Å². The molecule has 0 spiro atoms. The molecule has 0 bridgehead atoms. The highest BCUT2D eigenvalue weighted by molar-refractivity contribution is 5.92. The Morgan fingerprint density at radius 3 is 2.39 bits per heavy atom. The smallest absolute Gasteiger partial charge is 0.221 e. The van der Waals surface area contributed by atoms with E-state index in [1.54, 1.807) is 0 Å². The topological polar surface area (TPSA) is 32.3 Å². The fourth-order valence-corrected chi connectivity index (χ4v) is 2.12. The first-order chi connectivity index (χ1) is 8.42. The Kier molecular flexibility index (Phi) is 4.76. The molecule has 0 saturated heterocycles. The second kappa shape index (κ2) is 5.89. The summed E-state index contributed by atoms with van der Waals surface area (Å²) in [7, 11) is 0. The highest BCUT2D eigenvalue weighted by atomic mass is 16.1. The Morgan fingerprint density at radius 2 is 1.89 bits per heavy atom. The minimum atomic E-state index is -0.0344. The molecule has 1 aromatic carbocycles. The maximum Gasteiger partial charge on any atom is 0.221 e. The van der Waals surface area contributed by atoms with Crippen molar-refractivity contribution >= 4 is 17.3 Å². The van der Waals surface area contributed by atoms with Crippen molar-refractivity contribution in [3.8, 4) is 0 Å². The number of para-hydroxylation sites is 2. The summed E-state index contributed by atoms with van der Waals surface area (Å²) in [6.07, 6.45) is 1.05. The summed E-state index contributed by atoms with van der Waals surface area (Å²) < 4.78 is 0. The SMILES string of the molecule is CCN(c1ccccc1NC(C)=O)C(C)(C)CC. The maximum absolute atomic E-state index is 11.3. The van der Waals surface area contributed by atoms with Crippen molar-refractivity contribution in [2.75, 3.05) is 16.8 Å². The molecule has 0 fully saturated rings. The van der Waals surface area contributed by atoms with Crippen LogP contribution in [0.25, 0.3) is 0 Å². The normalized spacial score (nSPS) is 11.2. The van der Waals surface area contributed by atoms with E-state index in [-0.39, 0.29) is 11.4 Å². The van der Waals surface area contributed by atoms with E-state index in [1.165, 1.54) is 6.92 Å². The lowest BCUT2D eigenvalue weighted by Gasteiger charge is -2.40. The molecular weight excluding hydrogens is 224 g/mol. The van der Waals surface area contributed by atoms with Crippen LogP contribution in [-0.2, 0) is 4.79 Å². The van der Waals surface area contributed by atoms with Crippen LogP contribution < -0.4 is 10.2 Å². The molecular formula is C15H24N2O. The van der Waals surface area contributed by atoms with Gasteiger partial charge in [0.2, 0.25) is 5.91 Å². The molecule has 0 saturated carbocycles. The van der Waals surface area contributed by atoms with E-state index >= 15 is 0 Å². The lowest BCUT2D eigenvalue weighted by molar-refractivity contribution is -0.114. The third-order valence-electron chi connectivity index (χ3n) is 3.42. The second-order valence-electron chi connectivity index (χ2n) is 5.11. The minimum absolute atomic E-state index is 0.0344. The predicted molar refractivity (Wildman–Crippen MR) is 78.1 cm³/mol. The molecule has 18 heavy (non-hydrogen) atoms. The van der Waals surface area contributed by atoms with Gasteiger partial charge in [-0.3, -0.25) is 4.79 Å². The summed E-state index contributed by atoms with van der Waals surface area (Å²) in [6, 6.07) is 7.97. The van der Waals surface area contributed by atoms with Crippen LogP contribution in [0.4, 0.5) is 11.4 Å². The van der Waals surface area contributed by atoms with Gasteiger partial charge in [0.1, 0.15) is 0 Å². The fourth-order valence-electron chi connectivity index (χ4n) is 2.12. The van der Waals surface area contributed by atoms with Gasteiger partial charge < -0.3 is 10.2 Å². The Labute approximate surface area is 110 Å². The minimum Gasteiger partial charge on any atom is -0.365 e. The molecule has 0 aromatic heterocycles. The highest BCUT2D eigenvalue weighted by Crippen LogP contribution is 2.32. The van der Waals surface area contributed by atoms with Crippen LogP contribution in [0.3, 0.4) is 0 Å². The molecule has 1 aromatic rings. The number of nitrogens with one attached hydrogen (secondary N) is 1. The van der Waals surface area contributed by atoms with Crippen LogP contribution in [-0.4, -0.2) is 18.0 Å². The van der Waals surface area contributed by atoms with Gasteiger partial charge in [0.15, 0.2) is 0 Å². The Bertz CT molecular complexity index is 413. The van der Waals surface area contributed by atoms with Crippen LogP contribution in [0.5, 0.6) is 0 Å². The molecule has 0 unspecified atom stereocenters. The summed E-state index contributed by atoms with van der Waals surface area (Å²) in [5, 5.41) is 2.90. The van der Waals surface area contributed by atoms with Crippen molar-refractivity contribution in [3.05, 3.63) is 24.3 Å². The molecule has 1 rings (SSSR count). The van der Waals surface area contributed by atoms with Gasteiger partial charge in [-0.25, -0.2) is 0 Å². The van der Waals surface area contributed by atoms with Crippen molar-refractivity contribution in [3.63, 3.8) is 0 Å². The zero-order valence-corrected chi connectivity index (χ0v) is 12.1. The third kappa shape index (κ3) is 3.25. The first-order valence-electron chi connectivity index (χ1n) is 6.56. The van der Waals surface area contributed by atoms with Crippen LogP contribution >= 0.6 is 0 Å². The molecule has 3 nitrogen and oxygen atoms in total. The largest absolute Gasteiger partial charge is 0.365 e. The predicted octanol–water partition coefficient (Wildman–Crippen LogP) is 3.66. The van der Waals surface area contributed by atoms with Gasteiger partial charge in [-0.2, -0.15) is 0 Å². The molecule has 0 radical (unpaired) electrons. The van der Waals surface area contributed by atoms with Gasteiger partial charge in [-0.15, -0.1) is 0 Å². The molecule has 100 valence electrons. The zero-order valence-electron chi connectivity index (χ0n) is 12.1. The van der Waals surface area contributed by atoms with Crippen molar-refractivity contribution in [2.24, 2.45) is 0 Å². The average molecular weight is 248 g/mol. The summed E-state index contributed by atoms with van der Waals surface area (Å²) >= 11 is 0. The lowest BCUT2D eigenvalue weighted by atomic mass is 9.98. The van der Waals surface area contributed by atoms with Gasteiger partial charge in [-0.1, -0.05) is 19.1 Å². The number of rotatable bonds is 5. The van der Waals surface area contributed by atoms with E-state index in [0.717, 1.165) is 24.3 Å². The van der Waals surface area contributed by atoms with Gasteiger partial charge in [0.05, 0.1) is 11.4 Å². The van der Waals surface area contributed by atoms with Crippen LogP contribution in [0.2, 0.25) is 0 Å². The van der Waals surface area contributed by atoms with E-state index in [4.69, 9.17) is 0 Å². The van der Waals surface area contributed by atoms with E-state index < -0.39 is 0 Å². The van der Waals surface area contributed by atoms with Crippen molar-refractivity contribution in [1.82, 2.24) is 0 Å². The molecule has 1 N–H and O–H groups in total. The van der Waals surface area contributed by atoms with E-state index in [9.17, 15) is 4.79 Å². The number of carbonyl (C=O) groups is 1. The van der Waals surface area contributed by atoms with Crippen LogP contribution in [0.15, 0.2) is 24.3 Å². The number of carbonyl (C=O) groups excluding carboxylic acids is 1. The lowest BCUT2D eigenvalue weighted by Crippen LogP contribution is -2.43. The van der Waals surface area contributed by atoms with Crippen LogP contribution in [0, 0.1) is 0 Å². The number of benzene rings is 1. The zero-order chi connectivity index (χ0) is 13.8. The van der Waals surface area contributed by atoms with Gasteiger partial charge in [0, 0.05) is 19.0 Å². The number of nitrogens with zero attached hydrogens (tertiary/aromatic N) is 1. The second-order valence-corrected chi connectivity index (χ2v) is 5.11. The first kappa shape index (κ1) is 14.6. The third-order valence-corrected chi connectivity index (χ3v) is 3.42. The monoisotopic (exact) mass is 248 g/mol. The summed E-state index contributed by atoms with van der Waals surface area (Å²) in [5.74, 6) is -0.0344. The molecule has 0 aliphatic rings. The van der Waals surface area contributed by atoms with E-state index in [1.807, 2.05) is 18.2 Å². The molecule has 0 aliphatic carbocycles. The maximum atomic E-state index is 11.3. The standard InChI is InChI=1S/C15H24N2O/c1-6-15(4,5)17(7-2)14-11-9-8-10-13(14)16-12(3)18/h8-11H,6-7H2,1-5H3,(H,16,18).